The summed E-state index contributed by atoms with van der Waals surface area (Å²) in [5, 5.41) is 29.7. The second-order valence-electron chi connectivity index (χ2n) is 7.98. The molecule has 158 valence electrons. The summed E-state index contributed by atoms with van der Waals surface area (Å²) in [6.07, 6.45) is 2.15. The maximum absolute atomic E-state index is 10.4. The van der Waals surface area contributed by atoms with E-state index in [1.165, 1.54) is 0 Å². The molecule has 2 saturated heterocycles. The molecular weight excluding hydrogens is 360 g/mol. The lowest BCUT2D eigenvalue weighted by atomic mass is 10.1. The summed E-state index contributed by atoms with van der Waals surface area (Å²) in [5.74, 6) is 1.55. The van der Waals surface area contributed by atoms with Crippen molar-refractivity contribution in [1.82, 2.24) is 9.80 Å². The zero-order valence-electron chi connectivity index (χ0n) is 16.8. The van der Waals surface area contributed by atoms with Gasteiger partial charge in [-0.25, -0.2) is 0 Å². The number of nitrogens with zero attached hydrogens (tertiary/aromatic N) is 2. The Morgan fingerprint density at radius 1 is 1.00 bits per heavy atom. The highest BCUT2D eigenvalue weighted by molar-refractivity contribution is 5.40. The fraction of sp³-hybridized carbons (Fsp3) is 0.714. The van der Waals surface area contributed by atoms with E-state index >= 15 is 0 Å². The van der Waals surface area contributed by atoms with Gasteiger partial charge in [-0.05, 0) is 43.9 Å². The number of aliphatic hydroxyl groups excluding tert-OH is 3. The van der Waals surface area contributed by atoms with E-state index < -0.39 is 6.10 Å². The van der Waals surface area contributed by atoms with Crippen LogP contribution in [0.5, 0.6) is 11.5 Å². The summed E-state index contributed by atoms with van der Waals surface area (Å²) in [6, 6.07) is 5.76. The maximum Gasteiger partial charge on any atom is 0.124 e. The van der Waals surface area contributed by atoms with Crippen LogP contribution >= 0.6 is 0 Å². The molecule has 0 amide bonds. The lowest BCUT2D eigenvalue weighted by Gasteiger charge is -2.31. The number of aliphatic hydroxyl groups is 3. The summed E-state index contributed by atoms with van der Waals surface area (Å²) in [5.41, 5.74) is 1.03. The van der Waals surface area contributed by atoms with E-state index in [1.807, 2.05) is 18.2 Å². The molecule has 0 aliphatic carbocycles. The van der Waals surface area contributed by atoms with Crippen molar-refractivity contribution in [2.24, 2.45) is 0 Å². The summed E-state index contributed by atoms with van der Waals surface area (Å²) in [7, 11) is 1.65. The van der Waals surface area contributed by atoms with Gasteiger partial charge >= 0.3 is 0 Å². The van der Waals surface area contributed by atoms with Crippen molar-refractivity contribution >= 4 is 0 Å². The molecule has 0 saturated carbocycles. The van der Waals surface area contributed by atoms with Crippen LogP contribution in [0.4, 0.5) is 0 Å². The highest BCUT2D eigenvalue weighted by atomic mass is 16.5. The molecule has 28 heavy (non-hydrogen) atoms. The van der Waals surface area contributed by atoms with Crippen molar-refractivity contribution in [1.29, 1.82) is 0 Å². The third-order valence-corrected chi connectivity index (χ3v) is 5.68. The SMILES string of the molecule is COc1ccc(OC[C@H](O)CN2CCC(O)CC2)c(CN2CCC(O)CC2)c1. The number of likely N-dealkylation sites (tertiary alicyclic amines) is 2. The number of hydrogen-bond acceptors (Lipinski definition) is 7. The van der Waals surface area contributed by atoms with Crippen molar-refractivity contribution in [3.05, 3.63) is 23.8 Å². The second kappa shape index (κ2) is 10.4. The first-order chi connectivity index (χ1) is 13.5. The van der Waals surface area contributed by atoms with E-state index in [1.54, 1.807) is 7.11 Å². The van der Waals surface area contributed by atoms with Gasteiger partial charge in [-0.2, -0.15) is 0 Å². The monoisotopic (exact) mass is 394 g/mol. The largest absolute Gasteiger partial charge is 0.497 e. The normalized spacial score (nSPS) is 21.6. The Kier molecular flexibility index (Phi) is 7.93. The number of methoxy groups -OCH3 is 1. The van der Waals surface area contributed by atoms with Crippen molar-refractivity contribution in [2.45, 2.75) is 50.5 Å². The first-order valence-corrected chi connectivity index (χ1v) is 10.3. The molecule has 2 aliphatic rings. The Morgan fingerprint density at radius 3 is 2.21 bits per heavy atom. The molecule has 7 nitrogen and oxygen atoms in total. The highest BCUT2D eigenvalue weighted by Gasteiger charge is 2.21. The number of β-amino-alcohol motifs (C(OH)–C–C–N with tert-alkyl or cyclic N) is 1. The summed E-state index contributed by atoms with van der Waals surface area (Å²) < 4.78 is 11.3. The second-order valence-corrected chi connectivity index (χ2v) is 7.98. The molecule has 2 aliphatic heterocycles. The molecule has 0 aromatic heterocycles. The third-order valence-electron chi connectivity index (χ3n) is 5.68. The van der Waals surface area contributed by atoms with Crippen LogP contribution in [0.2, 0.25) is 0 Å². The Bertz CT molecular complexity index is 598. The minimum atomic E-state index is -0.574. The van der Waals surface area contributed by atoms with Gasteiger partial charge in [0.2, 0.25) is 0 Å². The summed E-state index contributed by atoms with van der Waals surface area (Å²) in [4.78, 5) is 4.48. The van der Waals surface area contributed by atoms with Gasteiger partial charge in [-0.1, -0.05) is 0 Å². The van der Waals surface area contributed by atoms with E-state index in [9.17, 15) is 15.3 Å². The molecular formula is C21H34N2O5. The Hall–Kier alpha value is -1.38. The lowest BCUT2D eigenvalue weighted by molar-refractivity contribution is 0.0333. The smallest absolute Gasteiger partial charge is 0.124 e. The molecule has 0 radical (unpaired) electrons. The van der Waals surface area contributed by atoms with Crippen LogP contribution in [0.1, 0.15) is 31.2 Å². The van der Waals surface area contributed by atoms with E-state index in [4.69, 9.17) is 9.47 Å². The molecule has 3 rings (SSSR count). The summed E-state index contributed by atoms with van der Waals surface area (Å²) in [6.45, 7) is 4.88. The average Bonchev–Trinajstić information content (AvgIpc) is 2.70. The van der Waals surface area contributed by atoms with Crippen LogP contribution in [0.25, 0.3) is 0 Å². The fourth-order valence-electron chi connectivity index (χ4n) is 3.90. The van der Waals surface area contributed by atoms with Crippen molar-refractivity contribution in [2.75, 3.05) is 46.4 Å². The van der Waals surface area contributed by atoms with Gasteiger partial charge in [0.25, 0.3) is 0 Å². The third kappa shape index (κ3) is 6.32. The van der Waals surface area contributed by atoms with Crippen molar-refractivity contribution in [3.63, 3.8) is 0 Å². The molecule has 0 spiro atoms. The Morgan fingerprint density at radius 2 is 1.61 bits per heavy atom. The highest BCUT2D eigenvalue weighted by Crippen LogP contribution is 2.27. The number of piperidine rings is 2. The van der Waals surface area contributed by atoms with E-state index in [-0.39, 0.29) is 18.8 Å². The molecule has 0 unspecified atom stereocenters. The molecule has 2 fully saturated rings. The van der Waals surface area contributed by atoms with Gasteiger partial charge in [-0.3, -0.25) is 4.90 Å². The lowest BCUT2D eigenvalue weighted by Crippen LogP contribution is -2.41. The molecule has 7 heteroatoms. The first-order valence-electron chi connectivity index (χ1n) is 10.3. The molecule has 3 N–H and O–H groups in total. The Balaban J connectivity index is 1.54. The van der Waals surface area contributed by atoms with Gasteiger partial charge in [0.15, 0.2) is 0 Å². The predicted molar refractivity (Wildman–Crippen MR) is 107 cm³/mol. The molecule has 1 atom stereocenters. The Labute approximate surface area is 167 Å². The zero-order valence-corrected chi connectivity index (χ0v) is 16.8. The number of ether oxygens (including phenoxy) is 2. The molecule has 0 bridgehead atoms. The minimum absolute atomic E-state index is 0.191. The van der Waals surface area contributed by atoms with E-state index in [0.717, 1.165) is 75.5 Å². The number of rotatable bonds is 8. The van der Waals surface area contributed by atoms with Gasteiger partial charge in [0.05, 0.1) is 19.3 Å². The maximum atomic E-state index is 10.4. The zero-order chi connectivity index (χ0) is 19.9. The van der Waals surface area contributed by atoms with Crippen LogP contribution in [0.3, 0.4) is 0 Å². The molecule has 1 aromatic rings. The fourth-order valence-corrected chi connectivity index (χ4v) is 3.90. The van der Waals surface area contributed by atoms with Crippen LogP contribution < -0.4 is 9.47 Å². The number of benzene rings is 1. The molecule has 1 aromatic carbocycles. The van der Waals surface area contributed by atoms with Crippen molar-refractivity contribution in [3.8, 4) is 11.5 Å². The van der Waals surface area contributed by atoms with Crippen LogP contribution in [-0.2, 0) is 6.54 Å². The number of hydrogen-bond donors (Lipinski definition) is 3. The predicted octanol–water partition coefficient (Wildman–Crippen LogP) is 0.848. The van der Waals surface area contributed by atoms with Crippen LogP contribution in [-0.4, -0.2) is 89.9 Å². The standard InChI is InChI=1S/C21H34N2O5/c1-27-20-2-3-21(16(12-20)13-22-8-4-17(24)5-9-22)28-15-19(26)14-23-10-6-18(25)7-11-23/h2-3,12,17-19,24-26H,4-11,13-15H2,1H3/t19-/m1/s1. The first kappa shape index (κ1) is 21.3. The van der Waals surface area contributed by atoms with Crippen LogP contribution in [0.15, 0.2) is 18.2 Å². The topological polar surface area (TPSA) is 85.6 Å². The van der Waals surface area contributed by atoms with Crippen molar-refractivity contribution < 1.29 is 24.8 Å². The quantitative estimate of drug-likeness (QED) is 0.603. The summed E-state index contributed by atoms with van der Waals surface area (Å²) >= 11 is 0. The van der Waals surface area contributed by atoms with Gasteiger partial charge in [0.1, 0.15) is 24.2 Å². The van der Waals surface area contributed by atoms with Gasteiger partial charge in [0, 0.05) is 44.8 Å². The van der Waals surface area contributed by atoms with Gasteiger partial charge in [-0.15, -0.1) is 0 Å². The van der Waals surface area contributed by atoms with Crippen LogP contribution in [0, 0.1) is 0 Å². The van der Waals surface area contributed by atoms with E-state index in [0.29, 0.717) is 6.54 Å². The van der Waals surface area contributed by atoms with E-state index in [2.05, 4.69) is 9.80 Å². The molecule has 2 heterocycles. The van der Waals surface area contributed by atoms with Gasteiger partial charge < -0.3 is 29.7 Å². The average molecular weight is 395 g/mol. The minimum Gasteiger partial charge on any atom is -0.497 e.